The van der Waals surface area contributed by atoms with Crippen molar-refractivity contribution < 1.29 is 4.52 Å². The molecule has 0 unspecified atom stereocenters. The normalized spacial score (nSPS) is 11.0. The molecule has 4 heteroatoms. The van der Waals surface area contributed by atoms with Crippen LogP contribution in [0.1, 0.15) is 32.0 Å². The lowest BCUT2D eigenvalue weighted by atomic mass is 10.1. The predicted octanol–water partition coefficient (Wildman–Crippen LogP) is 2.40. The molecule has 0 amide bonds. The molecular formula is C8H13ClN2O. The van der Waals surface area contributed by atoms with Gasteiger partial charge in [-0.3, -0.25) is 0 Å². The molecule has 12 heavy (non-hydrogen) atoms. The second kappa shape index (κ2) is 4.45. The molecule has 68 valence electrons. The summed E-state index contributed by atoms with van der Waals surface area (Å²) in [6, 6.07) is 0. The van der Waals surface area contributed by atoms with Crippen LogP contribution in [0.2, 0.25) is 0 Å². The van der Waals surface area contributed by atoms with Gasteiger partial charge in [0.05, 0.1) is 5.88 Å². The Bertz CT molecular complexity index is 235. The van der Waals surface area contributed by atoms with Gasteiger partial charge in [0.25, 0.3) is 0 Å². The Hall–Kier alpha value is -0.570. The van der Waals surface area contributed by atoms with E-state index in [1.54, 1.807) is 0 Å². The molecule has 0 fully saturated rings. The molecule has 1 aromatic rings. The third-order valence-corrected chi connectivity index (χ3v) is 1.80. The van der Waals surface area contributed by atoms with Crippen LogP contribution in [-0.2, 0) is 12.3 Å². The minimum atomic E-state index is 0.325. The van der Waals surface area contributed by atoms with E-state index in [-0.39, 0.29) is 0 Å². The van der Waals surface area contributed by atoms with E-state index in [1.807, 2.05) is 0 Å². The lowest BCUT2D eigenvalue weighted by Crippen LogP contribution is -1.92. The van der Waals surface area contributed by atoms with Gasteiger partial charge in [-0.25, -0.2) is 0 Å². The topological polar surface area (TPSA) is 38.9 Å². The Morgan fingerprint density at radius 3 is 2.75 bits per heavy atom. The minimum Gasteiger partial charge on any atom is -0.339 e. The van der Waals surface area contributed by atoms with E-state index < -0.39 is 0 Å². The lowest BCUT2D eigenvalue weighted by molar-refractivity contribution is 0.364. The molecule has 0 aromatic carbocycles. The van der Waals surface area contributed by atoms with Gasteiger partial charge in [-0.15, -0.1) is 11.6 Å². The standard InChI is InChI=1S/C8H13ClN2O/c1-6(2)3-4-8-10-7(5-9)11-12-8/h6H,3-5H2,1-2H3. The molecular weight excluding hydrogens is 176 g/mol. The van der Waals surface area contributed by atoms with E-state index in [2.05, 4.69) is 24.0 Å². The molecule has 0 N–H and O–H groups in total. The zero-order chi connectivity index (χ0) is 8.97. The summed E-state index contributed by atoms with van der Waals surface area (Å²) in [6.07, 6.45) is 1.92. The first kappa shape index (κ1) is 9.52. The Labute approximate surface area is 77.1 Å². The Morgan fingerprint density at radius 1 is 1.50 bits per heavy atom. The smallest absolute Gasteiger partial charge is 0.226 e. The molecule has 3 nitrogen and oxygen atoms in total. The van der Waals surface area contributed by atoms with Crippen LogP contribution in [0.15, 0.2) is 4.52 Å². The van der Waals surface area contributed by atoms with Crippen LogP contribution in [0.25, 0.3) is 0 Å². The molecule has 0 radical (unpaired) electrons. The molecule has 1 heterocycles. The van der Waals surface area contributed by atoms with Gasteiger partial charge in [0.15, 0.2) is 5.82 Å². The van der Waals surface area contributed by atoms with Gasteiger partial charge >= 0.3 is 0 Å². The molecule has 0 atom stereocenters. The monoisotopic (exact) mass is 188 g/mol. The number of halogens is 1. The van der Waals surface area contributed by atoms with Crippen molar-refractivity contribution in [2.75, 3.05) is 0 Å². The summed E-state index contributed by atoms with van der Waals surface area (Å²) in [4.78, 5) is 4.09. The molecule has 0 spiro atoms. The average Bonchev–Trinajstić information content (AvgIpc) is 2.48. The molecule has 1 aromatic heterocycles. The van der Waals surface area contributed by atoms with Crippen LogP contribution in [0.3, 0.4) is 0 Å². The number of hydrogen-bond donors (Lipinski definition) is 0. The third-order valence-electron chi connectivity index (χ3n) is 1.57. The second-order valence-electron chi connectivity index (χ2n) is 3.17. The maximum absolute atomic E-state index is 5.52. The summed E-state index contributed by atoms with van der Waals surface area (Å²) in [5.41, 5.74) is 0. The minimum absolute atomic E-state index is 0.325. The average molecular weight is 189 g/mol. The van der Waals surface area contributed by atoms with Gasteiger partial charge in [0, 0.05) is 6.42 Å². The van der Waals surface area contributed by atoms with Crippen molar-refractivity contribution in [3.63, 3.8) is 0 Å². The summed E-state index contributed by atoms with van der Waals surface area (Å²) in [5, 5.41) is 3.69. The molecule has 0 bridgehead atoms. The molecule has 0 saturated heterocycles. The van der Waals surface area contributed by atoms with E-state index in [0.717, 1.165) is 12.8 Å². The summed E-state index contributed by atoms with van der Waals surface area (Å²) in [7, 11) is 0. The van der Waals surface area contributed by atoms with Gasteiger partial charge in [-0.05, 0) is 12.3 Å². The maximum atomic E-state index is 5.52. The zero-order valence-electron chi connectivity index (χ0n) is 7.38. The molecule has 1 rings (SSSR count). The largest absolute Gasteiger partial charge is 0.339 e. The maximum Gasteiger partial charge on any atom is 0.226 e. The zero-order valence-corrected chi connectivity index (χ0v) is 8.14. The first-order chi connectivity index (χ1) is 5.72. The summed E-state index contributed by atoms with van der Waals surface area (Å²) in [6.45, 7) is 4.33. The summed E-state index contributed by atoms with van der Waals surface area (Å²) >= 11 is 5.52. The van der Waals surface area contributed by atoms with Gasteiger partial charge in [0.1, 0.15) is 0 Å². The van der Waals surface area contributed by atoms with E-state index >= 15 is 0 Å². The molecule has 0 saturated carbocycles. The van der Waals surface area contributed by atoms with Crippen LogP contribution >= 0.6 is 11.6 Å². The highest BCUT2D eigenvalue weighted by molar-refractivity contribution is 6.16. The fourth-order valence-corrected chi connectivity index (χ4v) is 0.967. The van der Waals surface area contributed by atoms with Gasteiger partial charge in [-0.2, -0.15) is 4.98 Å². The van der Waals surface area contributed by atoms with Crippen molar-refractivity contribution in [3.8, 4) is 0 Å². The Morgan fingerprint density at radius 2 is 2.25 bits per heavy atom. The van der Waals surface area contributed by atoms with Crippen LogP contribution in [0.4, 0.5) is 0 Å². The number of aryl methyl sites for hydroxylation is 1. The van der Waals surface area contributed by atoms with Crippen LogP contribution in [0.5, 0.6) is 0 Å². The number of hydrogen-bond acceptors (Lipinski definition) is 3. The SMILES string of the molecule is CC(C)CCc1nc(CCl)no1. The van der Waals surface area contributed by atoms with Crippen molar-refractivity contribution in [2.24, 2.45) is 5.92 Å². The number of nitrogens with zero attached hydrogens (tertiary/aromatic N) is 2. The van der Waals surface area contributed by atoms with Crippen LogP contribution in [-0.4, -0.2) is 10.1 Å². The molecule has 0 aliphatic carbocycles. The second-order valence-corrected chi connectivity index (χ2v) is 3.44. The molecule has 0 aliphatic heterocycles. The van der Waals surface area contributed by atoms with Gasteiger partial charge < -0.3 is 4.52 Å². The van der Waals surface area contributed by atoms with Crippen molar-refractivity contribution in [1.29, 1.82) is 0 Å². The third kappa shape index (κ3) is 2.81. The first-order valence-electron chi connectivity index (χ1n) is 4.09. The summed E-state index contributed by atoms with van der Waals surface area (Å²) < 4.78 is 4.96. The quantitative estimate of drug-likeness (QED) is 0.682. The summed E-state index contributed by atoms with van der Waals surface area (Å²) in [5.74, 6) is 2.26. The fraction of sp³-hybridized carbons (Fsp3) is 0.750. The Kier molecular flexibility index (Phi) is 3.53. The highest BCUT2D eigenvalue weighted by Gasteiger charge is 2.05. The first-order valence-corrected chi connectivity index (χ1v) is 4.63. The number of rotatable bonds is 4. The van der Waals surface area contributed by atoms with Crippen molar-refractivity contribution in [3.05, 3.63) is 11.7 Å². The van der Waals surface area contributed by atoms with E-state index in [0.29, 0.717) is 23.5 Å². The van der Waals surface area contributed by atoms with Gasteiger partial charge in [-0.1, -0.05) is 19.0 Å². The van der Waals surface area contributed by atoms with E-state index in [9.17, 15) is 0 Å². The van der Waals surface area contributed by atoms with Gasteiger partial charge in [0.2, 0.25) is 5.89 Å². The highest BCUT2D eigenvalue weighted by Crippen LogP contribution is 2.07. The van der Waals surface area contributed by atoms with Crippen LogP contribution in [0, 0.1) is 5.92 Å². The predicted molar refractivity (Wildman–Crippen MR) is 47.0 cm³/mol. The number of alkyl halides is 1. The Balaban J connectivity index is 2.41. The van der Waals surface area contributed by atoms with Crippen molar-refractivity contribution in [2.45, 2.75) is 32.6 Å². The van der Waals surface area contributed by atoms with E-state index in [4.69, 9.17) is 16.1 Å². The molecule has 0 aliphatic rings. The lowest BCUT2D eigenvalue weighted by Gasteiger charge is -1.98. The van der Waals surface area contributed by atoms with E-state index in [1.165, 1.54) is 0 Å². The van der Waals surface area contributed by atoms with Crippen molar-refractivity contribution in [1.82, 2.24) is 10.1 Å². The van der Waals surface area contributed by atoms with Crippen molar-refractivity contribution >= 4 is 11.6 Å². The highest BCUT2D eigenvalue weighted by atomic mass is 35.5. The van der Waals surface area contributed by atoms with Crippen LogP contribution < -0.4 is 0 Å². The number of aromatic nitrogens is 2. The fourth-order valence-electron chi connectivity index (χ4n) is 0.858.